The third kappa shape index (κ3) is 26.8. The Morgan fingerprint density at radius 2 is 0.415 bits per heavy atom. The lowest BCUT2D eigenvalue weighted by Crippen LogP contribution is -2.71. The van der Waals surface area contributed by atoms with Gasteiger partial charge in [0.1, 0.15) is 287 Å². The molecule has 147 heavy (non-hydrogen) atoms. The second-order valence-electron chi connectivity index (χ2n) is 37.3. The zero-order valence-electron chi connectivity index (χ0n) is 79.2. The molecule has 12 saturated heterocycles. The molecule has 12 heterocycles. The van der Waals surface area contributed by atoms with Crippen LogP contribution >= 0.6 is 0 Å². The number of amides is 5. The third-order valence-electron chi connectivity index (χ3n) is 27.0. The Labute approximate surface area is 832 Å². The zero-order valence-corrected chi connectivity index (χ0v) is 79.2. The number of nitrogens with one attached hydrogen (secondary N) is 5. The lowest BCUT2D eigenvalue weighted by molar-refractivity contribution is -0.399. The number of carbonyl (C=O) groups excluding carboxylic acids is 5. The molecular weight excluding hydrogens is 2010 g/mol. The van der Waals surface area contributed by atoms with Gasteiger partial charge in [0, 0.05) is 34.6 Å². The lowest BCUT2D eigenvalue weighted by Gasteiger charge is -2.51. The standard InChI is InChI=1S/C82H137N5O60/c1-18-40(102)52(114)57(119)76(127-18)125-17-34-66(47(109)35(71(124)128-34)83-19(2)97)139-72-36(84-20(3)98)48(110)65(31(14-95)134-72)143-80-61(123)68(145-82-70(56(118)44(106)27(10-91)133-82)147-75-39(87-23(6)101)50(112)63(30(13-94)137-75)141-78-59(121)54(116)42(104)25(8-89)130-78)46(108)33(138-80)16-126-81-69(55(117)43(105)26(9-90)132-81)146-74-38(86-22(5)100)51(113)64(32(15-96)136-74)142-79-60(122)67(45(107)28(11-92)131-79)144-73-37(85-21(4)99)49(111)62(29(12-93)135-73)140-77-58(120)53(115)41(103)24(7-88)129-77/h18,24-82,88-96,102-124H,7-17H2,1-6H3,(H,83,97)(H,84,98)(H,85,99)(H,86,100)(H,87,101)/t18-,24+,25+,26+,27+,28+,29+,30+,31+,32+,33+,34+,35+,36+,37+,38+,39+,40+,41-,42-,43+,44+,45-,46+,47+,48+,49+,50+,51+,52+,53-,54-,55-,56-,57-,58+,59+,60+,61-,62+,63+,64+,65+,66+,67-,68-,69-,70-,71+,72-,73-,74-,75-,76+,77-,78-,79-,80-,81-,82+/m0/s1. The maximum Gasteiger partial charge on any atom is 0.217 e. The van der Waals surface area contributed by atoms with E-state index in [9.17, 15) is 187 Å². The molecule has 37 N–H and O–H groups in total. The summed E-state index contributed by atoms with van der Waals surface area (Å²) in [7, 11) is 0. The van der Waals surface area contributed by atoms with E-state index in [2.05, 4.69) is 26.6 Å². The monoisotopic (exact) mass is 2150 g/mol. The van der Waals surface area contributed by atoms with Crippen LogP contribution in [-0.4, -0.2) is 634 Å². The van der Waals surface area contributed by atoms with Crippen molar-refractivity contribution in [1.82, 2.24) is 26.6 Å². The van der Waals surface area contributed by atoms with E-state index in [-0.39, 0.29) is 0 Å². The number of hydrogen-bond donors (Lipinski definition) is 37. The van der Waals surface area contributed by atoms with Gasteiger partial charge in [-0.3, -0.25) is 24.0 Å². The van der Waals surface area contributed by atoms with Gasteiger partial charge in [0.05, 0.1) is 78.8 Å². The fraction of sp³-hybridized carbons (Fsp3) is 0.939. The number of aliphatic hydroxyl groups is 32. The number of rotatable bonds is 38. The normalized spacial score (nSPS) is 49.6. The molecule has 0 aromatic rings. The highest BCUT2D eigenvalue weighted by Crippen LogP contribution is 2.43. The summed E-state index contributed by atoms with van der Waals surface area (Å²) in [4.78, 5) is 65.2. The molecule has 65 heteroatoms. The van der Waals surface area contributed by atoms with Crippen LogP contribution in [0.3, 0.4) is 0 Å². The average Bonchev–Trinajstić information content (AvgIpc) is 0.763. The summed E-state index contributed by atoms with van der Waals surface area (Å²) in [6.45, 7) is -6.78. The van der Waals surface area contributed by atoms with Crippen LogP contribution in [0.2, 0.25) is 0 Å². The minimum absolute atomic E-state index is 0.871. The number of carbonyl (C=O) groups is 5. The van der Waals surface area contributed by atoms with Crippen LogP contribution in [-0.2, 0) is 133 Å². The molecule has 0 unspecified atom stereocenters. The molecule has 0 spiro atoms. The summed E-state index contributed by atoms with van der Waals surface area (Å²) in [6.07, 6.45) is -117. The Balaban J connectivity index is 0.843. The van der Waals surface area contributed by atoms with Gasteiger partial charge >= 0.3 is 0 Å². The quantitative estimate of drug-likeness (QED) is 0.0273. The number of aliphatic hydroxyl groups excluding tert-OH is 32. The van der Waals surface area contributed by atoms with Gasteiger partial charge in [0.2, 0.25) is 29.5 Å². The van der Waals surface area contributed by atoms with E-state index >= 15 is 0 Å². The summed E-state index contributed by atoms with van der Waals surface area (Å²) in [6, 6.07) is -9.88. The molecule has 0 aliphatic carbocycles. The highest BCUT2D eigenvalue weighted by molar-refractivity contribution is 5.75. The summed E-state index contributed by atoms with van der Waals surface area (Å²) >= 11 is 0. The second-order valence-corrected chi connectivity index (χ2v) is 37.3. The van der Waals surface area contributed by atoms with Crippen molar-refractivity contribution >= 4 is 29.5 Å². The van der Waals surface area contributed by atoms with Crippen molar-refractivity contribution in [3.05, 3.63) is 0 Å². The highest BCUT2D eigenvalue weighted by Gasteiger charge is 2.64. The molecule has 12 rings (SSSR count). The van der Waals surface area contributed by atoms with Gasteiger partial charge in [-0.05, 0) is 6.92 Å². The van der Waals surface area contributed by atoms with Crippen molar-refractivity contribution < 1.29 is 296 Å². The van der Waals surface area contributed by atoms with Crippen LogP contribution in [0.25, 0.3) is 0 Å². The van der Waals surface area contributed by atoms with Crippen LogP contribution in [0.1, 0.15) is 41.5 Å². The molecule has 12 fully saturated rings. The maximum atomic E-state index is 13.4. The molecule has 12 aliphatic rings. The molecule has 0 aromatic carbocycles. The first-order chi connectivity index (χ1) is 69.5. The van der Waals surface area contributed by atoms with E-state index in [0.717, 1.165) is 34.6 Å². The Hall–Kier alpha value is -4.85. The number of hydrogen-bond acceptors (Lipinski definition) is 60. The van der Waals surface area contributed by atoms with E-state index in [4.69, 9.17) is 109 Å². The summed E-state index contributed by atoms with van der Waals surface area (Å²) < 4.78 is 137. The first kappa shape index (κ1) is 121. The van der Waals surface area contributed by atoms with Crippen molar-refractivity contribution in [3.8, 4) is 0 Å². The summed E-state index contributed by atoms with van der Waals surface area (Å²) in [5.41, 5.74) is 0. The second kappa shape index (κ2) is 52.8. The summed E-state index contributed by atoms with van der Waals surface area (Å²) in [5, 5.41) is 373. The molecule has 5 amide bonds. The molecule has 65 nitrogen and oxygen atoms in total. The van der Waals surface area contributed by atoms with Gasteiger partial charge in [0.15, 0.2) is 75.5 Å². The first-order valence-electron chi connectivity index (χ1n) is 47.0. The average molecular weight is 2150 g/mol. The zero-order chi connectivity index (χ0) is 108. The molecule has 0 aromatic heterocycles. The predicted octanol–water partition coefficient (Wildman–Crippen LogP) is -25.4. The molecule has 0 bridgehead atoms. The van der Waals surface area contributed by atoms with Gasteiger partial charge < -0.3 is 299 Å². The Bertz CT molecular complexity index is 4110. The van der Waals surface area contributed by atoms with Crippen molar-refractivity contribution in [2.45, 2.75) is 410 Å². The van der Waals surface area contributed by atoms with Crippen molar-refractivity contribution in [3.63, 3.8) is 0 Å². The van der Waals surface area contributed by atoms with Crippen LogP contribution < -0.4 is 26.6 Å². The minimum atomic E-state index is -2.69. The highest BCUT2D eigenvalue weighted by atomic mass is 16.8. The smallest absolute Gasteiger partial charge is 0.217 e. The molecule has 850 valence electrons. The van der Waals surface area contributed by atoms with E-state index in [1.54, 1.807) is 0 Å². The fourth-order valence-corrected chi connectivity index (χ4v) is 19.2. The largest absolute Gasteiger partial charge is 0.394 e. The van der Waals surface area contributed by atoms with Crippen LogP contribution in [0, 0.1) is 0 Å². The SMILES string of the molecule is CC(=O)N[C@@H]1[C@@H](O)[C@H](O[C@@H]2O[C@H](CO)[C@@H](O[C@@H]3O[C@H](CO[C@H]4O[C@H](CO)[C@@H](O)[C@H](O)[C@@H]4O[C@@H]4O[C@H](CO)[C@@H](O[C@@H]5O[C@H](CO)[C@H](O)[C@H](O[C@@H]6O[C@H](CO)[C@@H](O[C@@H]7O[C@H](CO)[C@H](O)[C@H](O)[C@H]7O)[C@H](O)[C@H]6NC(C)=O)[C@H]5O)[C@H](O)[C@H]4NC(C)=O)[C@@H](O)[C@H](O[C@H]4O[C@H](CO)[C@@H](O)[C@H](O)[C@@H]4O[C@@H]4O[C@H](CO)[C@@H](O[C@@H]5O[C@H](CO)[C@H](O)[C@H](O)[C@H]5O)[C@H](O)[C@H]4NC(C)=O)[C@@H]3O)[C@H](O)[C@H]2NC(C)=O)[C@@H](CO[C@@H]2O[C@@H](C)[C@@H](O)[C@@H](O)[C@@H]2O)O[C@H]1O. The fourth-order valence-electron chi connectivity index (χ4n) is 19.2. The van der Waals surface area contributed by atoms with E-state index in [1.165, 1.54) is 6.92 Å². The van der Waals surface area contributed by atoms with Crippen molar-refractivity contribution in [2.24, 2.45) is 0 Å². The molecule has 60 atom stereocenters. The molecule has 0 saturated carbocycles. The topological polar surface area (TPSA) is 1010 Å². The van der Waals surface area contributed by atoms with E-state index < -0.39 is 470 Å². The van der Waals surface area contributed by atoms with E-state index in [1.807, 2.05) is 0 Å². The van der Waals surface area contributed by atoms with Gasteiger partial charge in [0.25, 0.3) is 0 Å². The predicted molar refractivity (Wildman–Crippen MR) is 452 cm³/mol. The van der Waals surface area contributed by atoms with Crippen LogP contribution in [0.15, 0.2) is 0 Å². The maximum absolute atomic E-state index is 13.4. The Morgan fingerprint density at radius 3 is 0.762 bits per heavy atom. The Kier molecular flexibility index (Phi) is 43.4. The van der Waals surface area contributed by atoms with Gasteiger partial charge in [-0.2, -0.15) is 0 Å². The molecule has 12 aliphatic heterocycles. The molecule has 0 radical (unpaired) electrons. The van der Waals surface area contributed by atoms with Crippen molar-refractivity contribution in [1.29, 1.82) is 0 Å². The minimum Gasteiger partial charge on any atom is -0.394 e. The third-order valence-corrected chi connectivity index (χ3v) is 27.0. The van der Waals surface area contributed by atoms with E-state index in [0.29, 0.717) is 0 Å². The lowest BCUT2D eigenvalue weighted by atomic mass is 9.93. The van der Waals surface area contributed by atoms with Crippen LogP contribution in [0.4, 0.5) is 0 Å². The molecular formula is C82H137N5O60. The van der Waals surface area contributed by atoms with Gasteiger partial charge in [-0.1, -0.05) is 0 Å². The van der Waals surface area contributed by atoms with Gasteiger partial charge in [-0.25, -0.2) is 0 Å². The van der Waals surface area contributed by atoms with Crippen molar-refractivity contribution in [2.75, 3.05) is 72.7 Å². The Morgan fingerprint density at radius 1 is 0.190 bits per heavy atom. The first-order valence-corrected chi connectivity index (χ1v) is 47.0. The number of ether oxygens (including phenoxy) is 23. The summed E-state index contributed by atoms with van der Waals surface area (Å²) in [5.74, 6) is -4.88. The van der Waals surface area contributed by atoms with Gasteiger partial charge in [-0.15, -0.1) is 0 Å². The van der Waals surface area contributed by atoms with Crippen LogP contribution in [0.5, 0.6) is 0 Å².